The van der Waals surface area contributed by atoms with Gasteiger partial charge in [0.25, 0.3) is 0 Å². The van der Waals surface area contributed by atoms with Crippen molar-refractivity contribution in [2.45, 2.75) is 20.1 Å². The molecule has 2 rings (SSSR count). The summed E-state index contributed by atoms with van der Waals surface area (Å²) in [6.45, 7) is 3.42. The number of halogens is 1. The predicted octanol–water partition coefficient (Wildman–Crippen LogP) is 1.90. The molecule has 0 aliphatic heterocycles. The van der Waals surface area contributed by atoms with Gasteiger partial charge in [-0.1, -0.05) is 24.2 Å². The van der Waals surface area contributed by atoms with Crippen LogP contribution in [-0.4, -0.2) is 16.7 Å². The van der Waals surface area contributed by atoms with Crippen LogP contribution in [0.1, 0.15) is 18.3 Å². The topological polar surface area (TPSA) is 60.2 Å². The largest absolute Gasteiger partial charge is 0.482 e. The standard InChI is InChI=1S/C12H14FN3O2/c1-2-14-6-9-4-3-5-10(13)12(9)17-7-11-15-8-18-16-11/h3-5,8,14H,2,6-7H2,1H3. The molecule has 96 valence electrons. The molecule has 1 N–H and O–H groups in total. The third-order valence-corrected chi connectivity index (χ3v) is 2.37. The van der Waals surface area contributed by atoms with Gasteiger partial charge in [0, 0.05) is 12.1 Å². The second-order valence-electron chi connectivity index (χ2n) is 3.64. The summed E-state index contributed by atoms with van der Waals surface area (Å²) in [5.41, 5.74) is 0.764. The van der Waals surface area contributed by atoms with E-state index in [9.17, 15) is 4.39 Å². The smallest absolute Gasteiger partial charge is 0.213 e. The second kappa shape index (κ2) is 6.11. The van der Waals surface area contributed by atoms with Gasteiger partial charge in [0.15, 0.2) is 18.2 Å². The number of nitrogens with zero attached hydrogens (tertiary/aromatic N) is 2. The summed E-state index contributed by atoms with van der Waals surface area (Å²) in [5.74, 6) is 0.213. The molecule has 0 bridgehead atoms. The Morgan fingerprint density at radius 2 is 2.33 bits per heavy atom. The van der Waals surface area contributed by atoms with Gasteiger partial charge in [-0.2, -0.15) is 4.98 Å². The highest BCUT2D eigenvalue weighted by atomic mass is 19.1. The fraction of sp³-hybridized carbons (Fsp3) is 0.333. The second-order valence-corrected chi connectivity index (χ2v) is 3.64. The highest BCUT2D eigenvalue weighted by Crippen LogP contribution is 2.23. The normalized spacial score (nSPS) is 10.6. The third-order valence-electron chi connectivity index (χ3n) is 2.37. The predicted molar refractivity (Wildman–Crippen MR) is 62.4 cm³/mol. The van der Waals surface area contributed by atoms with Crippen LogP contribution >= 0.6 is 0 Å². The van der Waals surface area contributed by atoms with Crippen molar-refractivity contribution in [2.75, 3.05) is 6.54 Å². The number of benzene rings is 1. The lowest BCUT2D eigenvalue weighted by molar-refractivity contribution is 0.270. The number of para-hydroxylation sites is 1. The average Bonchev–Trinajstić information content (AvgIpc) is 2.88. The number of hydrogen-bond donors (Lipinski definition) is 1. The van der Waals surface area contributed by atoms with Gasteiger partial charge in [0.1, 0.15) is 0 Å². The minimum Gasteiger partial charge on any atom is -0.482 e. The molecule has 6 heteroatoms. The van der Waals surface area contributed by atoms with E-state index in [1.165, 1.54) is 12.5 Å². The van der Waals surface area contributed by atoms with Crippen molar-refractivity contribution in [1.82, 2.24) is 15.5 Å². The summed E-state index contributed by atoms with van der Waals surface area (Å²) in [5, 5.41) is 6.73. The van der Waals surface area contributed by atoms with Gasteiger partial charge in [0.05, 0.1) is 0 Å². The van der Waals surface area contributed by atoms with Gasteiger partial charge in [-0.3, -0.25) is 0 Å². The number of nitrogens with one attached hydrogen (secondary N) is 1. The average molecular weight is 251 g/mol. The number of hydrogen-bond acceptors (Lipinski definition) is 5. The van der Waals surface area contributed by atoms with Crippen LogP contribution in [-0.2, 0) is 13.2 Å². The van der Waals surface area contributed by atoms with Gasteiger partial charge in [-0.15, -0.1) is 0 Å². The molecular formula is C12H14FN3O2. The number of rotatable bonds is 6. The Bertz CT molecular complexity index is 488. The van der Waals surface area contributed by atoms with Crippen molar-refractivity contribution in [3.63, 3.8) is 0 Å². The first-order chi connectivity index (χ1) is 8.81. The van der Waals surface area contributed by atoms with Crippen LogP contribution in [0, 0.1) is 5.82 Å². The van der Waals surface area contributed by atoms with Crippen molar-refractivity contribution in [3.05, 3.63) is 41.8 Å². The van der Waals surface area contributed by atoms with E-state index in [0.717, 1.165) is 12.1 Å². The SMILES string of the molecule is CCNCc1cccc(F)c1OCc1ncon1. The summed E-state index contributed by atoms with van der Waals surface area (Å²) in [6, 6.07) is 4.83. The Morgan fingerprint density at radius 3 is 3.06 bits per heavy atom. The van der Waals surface area contributed by atoms with Crippen molar-refractivity contribution >= 4 is 0 Å². The fourth-order valence-corrected chi connectivity index (χ4v) is 1.51. The minimum atomic E-state index is -0.395. The van der Waals surface area contributed by atoms with Crippen LogP contribution in [0.25, 0.3) is 0 Å². The van der Waals surface area contributed by atoms with E-state index in [2.05, 4.69) is 20.0 Å². The van der Waals surface area contributed by atoms with Crippen molar-refractivity contribution in [3.8, 4) is 5.75 Å². The molecular weight excluding hydrogens is 237 g/mol. The van der Waals surface area contributed by atoms with E-state index in [1.807, 2.05) is 13.0 Å². The zero-order valence-corrected chi connectivity index (χ0v) is 10.0. The van der Waals surface area contributed by atoms with Crippen molar-refractivity contribution in [1.29, 1.82) is 0 Å². The van der Waals surface area contributed by atoms with E-state index in [-0.39, 0.29) is 12.4 Å². The Labute approximate surface area is 104 Å². The first-order valence-electron chi connectivity index (χ1n) is 5.67. The summed E-state index contributed by atoms with van der Waals surface area (Å²) in [6.07, 6.45) is 1.21. The van der Waals surface area contributed by atoms with Gasteiger partial charge in [-0.05, 0) is 12.6 Å². The lowest BCUT2D eigenvalue weighted by Gasteiger charge is -2.11. The van der Waals surface area contributed by atoms with Crippen LogP contribution in [0.3, 0.4) is 0 Å². The molecule has 0 aliphatic carbocycles. The number of ether oxygens (including phenoxy) is 1. The molecule has 1 aromatic carbocycles. The maximum atomic E-state index is 13.7. The highest BCUT2D eigenvalue weighted by Gasteiger charge is 2.10. The van der Waals surface area contributed by atoms with E-state index in [4.69, 9.17) is 4.74 Å². The Kier molecular flexibility index (Phi) is 4.25. The quantitative estimate of drug-likeness (QED) is 0.849. The fourth-order valence-electron chi connectivity index (χ4n) is 1.51. The van der Waals surface area contributed by atoms with Gasteiger partial charge < -0.3 is 14.6 Å². The first-order valence-corrected chi connectivity index (χ1v) is 5.67. The molecule has 5 nitrogen and oxygen atoms in total. The van der Waals surface area contributed by atoms with E-state index in [0.29, 0.717) is 12.4 Å². The molecule has 0 saturated carbocycles. The van der Waals surface area contributed by atoms with E-state index < -0.39 is 5.82 Å². The van der Waals surface area contributed by atoms with Gasteiger partial charge >= 0.3 is 0 Å². The lowest BCUT2D eigenvalue weighted by atomic mass is 10.2. The molecule has 0 saturated heterocycles. The zero-order chi connectivity index (χ0) is 12.8. The van der Waals surface area contributed by atoms with Crippen molar-refractivity contribution < 1.29 is 13.7 Å². The van der Waals surface area contributed by atoms with Crippen LogP contribution < -0.4 is 10.1 Å². The monoisotopic (exact) mass is 251 g/mol. The van der Waals surface area contributed by atoms with E-state index >= 15 is 0 Å². The maximum Gasteiger partial charge on any atom is 0.213 e. The maximum absolute atomic E-state index is 13.7. The Morgan fingerprint density at radius 1 is 1.44 bits per heavy atom. The first kappa shape index (κ1) is 12.5. The van der Waals surface area contributed by atoms with Crippen LogP contribution in [0.2, 0.25) is 0 Å². The van der Waals surface area contributed by atoms with Gasteiger partial charge in [0.2, 0.25) is 12.2 Å². The van der Waals surface area contributed by atoms with Crippen molar-refractivity contribution in [2.24, 2.45) is 0 Å². The van der Waals surface area contributed by atoms with Crippen LogP contribution in [0.15, 0.2) is 29.1 Å². The Hall–Kier alpha value is -1.95. The van der Waals surface area contributed by atoms with Gasteiger partial charge in [-0.25, -0.2) is 4.39 Å². The zero-order valence-electron chi connectivity index (χ0n) is 10.0. The summed E-state index contributed by atoms with van der Waals surface area (Å²) in [7, 11) is 0. The molecule has 0 spiro atoms. The number of aromatic nitrogens is 2. The third kappa shape index (κ3) is 3.04. The molecule has 0 radical (unpaired) electrons. The minimum absolute atomic E-state index is 0.0799. The molecule has 0 amide bonds. The molecule has 0 fully saturated rings. The van der Waals surface area contributed by atoms with Crippen LogP contribution in [0.4, 0.5) is 4.39 Å². The highest BCUT2D eigenvalue weighted by molar-refractivity contribution is 5.34. The molecule has 0 atom stereocenters. The molecule has 0 unspecified atom stereocenters. The molecule has 0 aliphatic rings. The molecule has 1 aromatic heterocycles. The van der Waals surface area contributed by atoms with E-state index in [1.54, 1.807) is 6.07 Å². The summed E-state index contributed by atoms with van der Waals surface area (Å²) in [4.78, 5) is 3.81. The summed E-state index contributed by atoms with van der Waals surface area (Å²) >= 11 is 0. The summed E-state index contributed by atoms with van der Waals surface area (Å²) < 4.78 is 23.7. The molecule has 18 heavy (non-hydrogen) atoms. The molecule has 1 heterocycles. The molecule has 2 aromatic rings. The lowest BCUT2D eigenvalue weighted by Crippen LogP contribution is -2.13. The Balaban J connectivity index is 2.09. The van der Waals surface area contributed by atoms with Crippen LogP contribution in [0.5, 0.6) is 5.75 Å².